The van der Waals surface area contributed by atoms with Gasteiger partial charge in [0.1, 0.15) is 17.3 Å². The second-order valence-electron chi connectivity index (χ2n) is 4.65. The SMILES string of the molecule is Cc1noc(CCCNC(=O)C(=O)Nc2c(F)cccc2F)n1. The molecule has 0 aliphatic carbocycles. The van der Waals surface area contributed by atoms with Gasteiger partial charge in [0.2, 0.25) is 5.89 Å². The van der Waals surface area contributed by atoms with E-state index in [1.807, 2.05) is 5.32 Å². The summed E-state index contributed by atoms with van der Waals surface area (Å²) in [5, 5.41) is 7.84. The fraction of sp³-hybridized carbons (Fsp3) is 0.286. The molecule has 2 rings (SSSR count). The highest BCUT2D eigenvalue weighted by atomic mass is 19.1. The predicted molar refractivity (Wildman–Crippen MR) is 75.4 cm³/mol. The minimum Gasteiger partial charge on any atom is -0.348 e. The van der Waals surface area contributed by atoms with Crippen LogP contribution in [0.5, 0.6) is 0 Å². The first-order valence-corrected chi connectivity index (χ1v) is 6.79. The summed E-state index contributed by atoms with van der Waals surface area (Å²) in [5.41, 5.74) is -0.658. The zero-order chi connectivity index (χ0) is 16.8. The zero-order valence-electron chi connectivity index (χ0n) is 12.2. The number of benzene rings is 1. The first-order valence-electron chi connectivity index (χ1n) is 6.79. The Balaban J connectivity index is 1.78. The maximum Gasteiger partial charge on any atom is 0.313 e. The van der Waals surface area contributed by atoms with E-state index < -0.39 is 29.1 Å². The standard InChI is InChI=1S/C14H14F2N4O3/c1-8-18-11(23-20-8)6-3-7-17-13(21)14(22)19-12-9(15)4-2-5-10(12)16/h2,4-5H,3,6-7H2,1H3,(H,17,21)(H,19,22). The lowest BCUT2D eigenvalue weighted by atomic mass is 10.3. The third-order valence-electron chi connectivity index (χ3n) is 2.83. The van der Waals surface area contributed by atoms with E-state index in [1.165, 1.54) is 0 Å². The van der Waals surface area contributed by atoms with Crippen molar-refractivity contribution in [3.05, 3.63) is 41.5 Å². The number of carbonyl (C=O) groups excluding carboxylic acids is 2. The van der Waals surface area contributed by atoms with Gasteiger partial charge in [-0.15, -0.1) is 0 Å². The molecule has 7 nitrogen and oxygen atoms in total. The molecule has 0 saturated carbocycles. The van der Waals surface area contributed by atoms with Crippen LogP contribution in [0.1, 0.15) is 18.1 Å². The zero-order valence-corrected chi connectivity index (χ0v) is 12.2. The molecule has 0 saturated heterocycles. The van der Waals surface area contributed by atoms with Gasteiger partial charge in [-0.3, -0.25) is 9.59 Å². The third kappa shape index (κ3) is 4.56. The highest BCUT2D eigenvalue weighted by Gasteiger charge is 2.17. The number of nitrogens with zero attached hydrogens (tertiary/aromatic N) is 2. The van der Waals surface area contributed by atoms with Gasteiger partial charge >= 0.3 is 11.8 Å². The smallest absolute Gasteiger partial charge is 0.313 e. The van der Waals surface area contributed by atoms with E-state index in [1.54, 1.807) is 6.92 Å². The Morgan fingerprint density at radius 2 is 1.91 bits per heavy atom. The van der Waals surface area contributed by atoms with Crippen molar-refractivity contribution in [3.8, 4) is 0 Å². The second-order valence-corrected chi connectivity index (χ2v) is 4.65. The minimum atomic E-state index is -1.15. The van der Waals surface area contributed by atoms with Crippen molar-refractivity contribution >= 4 is 17.5 Å². The van der Waals surface area contributed by atoms with Gasteiger partial charge in [0.05, 0.1) is 0 Å². The number of para-hydroxylation sites is 1. The molecule has 1 aromatic heterocycles. The van der Waals surface area contributed by atoms with Crippen molar-refractivity contribution in [1.29, 1.82) is 0 Å². The number of rotatable bonds is 5. The Labute approximate surface area is 130 Å². The monoisotopic (exact) mass is 324 g/mol. The molecule has 0 bridgehead atoms. The van der Waals surface area contributed by atoms with Crippen LogP contribution < -0.4 is 10.6 Å². The summed E-state index contributed by atoms with van der Waals surface area (Å²) in [6, 6.07) is 3.10. The number of halogens is 2. The fourth-order valence-corrected chi connectivity index (χ4v) is 1.75. The van der Waals surface area contributed by atoms with Crippen molar-refractivity contribution < 1.29 is 22.9 Å². The number of hydrogen-bond donors (Lipinski definition) is 2. The summed E-state index contributed by atoms with van der Waals surface area (Å²) >= 11 is 0. The molecule has 1 aromatic carbocycles. The molecule has 23 heavy (non-hydrogen) atoms. The average molecular weight is 324 g/mol. The topological polar surface area (TPSA) is 97.1 Å². The van der Waals surface area contributed by atoms with E-state index in [-0.39, 0.29) is 6.54 Å². The molecule has 2 N–H and O–H groups in total. The van der Waals surface area contributed by atoms with Crippen LogP contribution in [-0.4, -0.2) is 28.5 Å². The number of aryl methyl sites for hydroxylation is 2. The average Bonchev–Trinajstić information content (AvgIpc) is 2.92. The van der Waals surface area contributed by atoms with Gasteiger partial charge in [0, 0.05) is 13.0 Å². The molecule has 122 valence electrons. The van der Waals surface area contributed by atoms with Crippen molar-refractivity contribution in [2.45, 2.75) is 19.8 Å². The predicted octanol–water partition coefficient (Wildman–Crippen LogP) is 1.34. The van der Waals surface area contributed by atoms with E-state index in [0.717, 1.165) is 18.2 Å². The summed E-state index contributed by atoms with van der Waals surface area (Å²) in [4.78, 5) is 27.1. The largest absolute Gasteiger partial charge is 0.348 e. The first-order chi connectivity index (χ1) is 11.0. The molecule has 0 atom stereocenters. The fourth-order valence-electron chi connectivity index (χ4n) is 1.75. The van der Waals surface area contributed by atoms with Crippen LogP contribution in [0.25, 0.3) is 0 Å². The number of anilines is 1. The molecule has 0 aliphatic heterocycles. The van der Waals surface area contributed by atoms with Gasteiger partial charge < -0.3 is 15.2 Å². The summed E-state index contributed by atoms with van der Waals surface area (Å²) < 4.78 is 31.6. The highest BCUT2D eigenvalue weighted by molar-refractivity contribution is 6.39. The van der Waals surface area contributed by atoms with Gasteiger partial charge in [0.25, 0.3) is 0 Å². The molecular weight excluding hydrogens is 310 g/mol. The molecule has 0 radical (unpaired) electrons. The normalized spacial score (nSPS) is 10.4. The van der Waals surface area contributed by atoms with Crippen LogP contribution in [0.4, 0.5) is 14.5 Å². The van der Waals surface area contributed by atoms with Crippen molar-refractivity contribution in [2.24, 2.45) is 0 Å². The first kappa shape index (κ1) is 16.5. The molecule has 2 amide bonds. The Hall–Kier alpha value is -2.84. The highest BCUT2D eigenvalue weighted by Crippen LogP contribution is 2.17. The number of carbonyl (C=O) groups is 2. The summed E-state index contributed by atoms with van der Waals surface area (Å²) in [6.45, 7) is 1.86. The summed E-state index contributed by atoms with van der Waals surface area (Å²) in [7, 11) is 0. The van der Waals surface area contributed by atoms with Crippen LogP contribution in [-0.2, 0) is 16.0 Å². The molecule has 0 unspecified atom stereocenters. The van der Waals surface area contributed by atoms with E-state index >= 15 is 0 Å². The van der Waals surface area contributed by atoms with Gasteiger partial charge in [-0.05, 0) is 25.5 Å². The molecule has 0 fully saturated rings. The van der Waals surface area contributed by atoms with Gasteiger partial charge in [-0.25, -0.2) is 8.78 Å². The Kier molecular flexibility index (Phi) is 5.34. The summed E-state index contributed by atoms with van der Waals surface area (Å²) in [6.07, 6.45) is 0.902. The lowest BCUT2D eigenvalue weighted by Gasteiger charge is -2.07. The second kappa shape index (κ2) is 7.43. The molecular formula is C14H14F2N4O3. The van der Waals surface area contributed by atoms with Gasteiger partial charge in [-0.1, -0.05) is 11.2 Å². The van der Waals surface area contributed by atoms with Crippen molar-refractivity contribution in [3.63, 3.8) is 0 Å². The number of nitrogens with one attached hydrogen (secondary N) is 2. The van der Waals surface area contributed by atoms with E-state index in [0.29, 0.717) is 24.6 Å². The molecule has 1 heterocycles. The molecule has 0 spiro atoms. The minimum absolute atomic E-state index is 0.174. The maximum absolute atomic E-state index is 13.4. The van der Waals surface area contributed by atoms with Crippen molar-refractivity contribution in [1.82, 2.24) is 15.5 Å². The summed E-state index contributed by atoms with van der Waals surface area (Å²) in [5.74, 6) is -3.13. The van der Waals surface area contributed by atoms with E-state index in [2.05, 4.69) is 15.5 Å². The molecule has 2 aromatic rings. The number of hydrogen-bond acceptors (Lipinski definition) is 5. The van der Waals surface area contributed by atoms with Crippen molar-refractivity contribution in [2.75, 3.05) is 11.9 Å². The van der Waals surface area contributed by atoms with Crippen LogP contribution >= 0.6 is 0 Å². The lowest BCUT2D eigenvalue weighted by Crippen LogP contribution is -2.36. The quantitative estimate of drug-likeness (QED) is 0.639. The number of aromatic nitrogens is 2. The van der Waals surface area contributed by atoms with Gasteiger partial charge in [-0.2, -0.15) is 4.98 Å². The van der Waals surface area contributed by atoms with Crippen LogP contribution in [0.3, 0.4) is 0 Å². The Morgan fingerprint density at radius 1 is 1.22 bits per heavy atom. The van der Waals surface area contributed by atoms with Crippen LogP contribution in [0, 0.1) is 18.6 Å². The van der Waals surface area contributed by atoms with Crippen LogP contribution in [0.2, 0.25) is 0 Å². The maximum atomic E-state index is 13.4. The number of amides is 2. The molecule has 0 aliphatic rings. The van der Waals surface area contributed by atoms with Crippen LogP contribution in [0.15, 0.2) is 22.7 Å². The molecule has 9 heteroatoms. The Bertz CT molecular complexity index is 698. The van der Waals surface area contributed by atoms with E-state index in [9.17, 15) is 18.4 Å². The lowest BCUT2D eigenvalue weighted by molar-refractivity contribution is -0.136. The third-order valence-corrected chi connectivity index (χ3v) is 2.83. The van der Waals surface area contributed by atoms with E-state index in [4.69, 9.17) is 4.52 Å². The van der Waals surface area contributed by atoms with Gasteiger partial charge in [0.15, 0.2) is 5.82 Å². The Morgan fingerprint density at radius 3 is 2.52 bits per heavy atom.